The third-order valence-electron chi connectivity index (χ3n) is 3.95. The van der Waals surface area contributed by atoms with E-state index in [4.69, 9.17) is 0 Å². The minimum absolute atomic E-state index is 0.0374. The number of carbonyl (C=O) groups excluding carboxylic acids is 2. The molecule has 0 radical (unpaired) electrons. The van der Waals surface area contributed by atoms with Crippen LogP contribution in [0.4, 0.5) is 5.69 Å². The molecule has 1 unspecified atom stereocenters. The first-order valence-corrected chi connectivity index (χ1v) is 10.9. The Labute approximate surface area is 142 Å². The Kier molecular flexibility index (Phi) is 6.67. The summed E-state index contributed by atoms with van der Waals surface area (Å²) in [6.45, 7) is 5.39. The molecular formula is C17H24IN2O2-. The zero-order valence-electron chi connectivity index (χ0n) is 13.3. The average molecular weight is 415 g/mol. The van der Waals surface area contributed by atoms with Crippen LogP contribution in [0.25, 0.3) is 0 Å². The van der Waals surface area contributed by atoms with Gasteiger partial charge in [0, 0.05) is 0 Å². The number of anilines is 1. The quantitative estimate of drug-likeness (QED) is 0.276. The number of fused-ring (bicyclic) bond motifs is 1. The van der Waals surface area contributed by atoms with Gasteiger partial charge in [-0.2, -0.15) is 0 Å². The van der Waals surface area contributed by atoms with Crippen LogP contribution in [0.1, 0.15) is 37.4 Å². The first-order chi connectivity index (χ1) is 10.7. The second-order valence-corrected chi connectivity index (χ2v) is 9.03. The van der Waals surface area contributed by atoms with Gasteiger partial charge in [-0.1, -0.05) is 0 Å². The molecule has 5 heteroatoms. The van der Waals surface area contributed by atoms with Crippen molar-refractivity contribution < 1.29 is 30.8 Å². The van der Waals surface area contributed by atoms with Gasteiger partial charge < -0.3 is 0 Å². The summed E-state index contributed by atoms with van der Waals surface area (Å²) in [5.74, 6) is -0.0374. The van der Waals surface area contributed by atoms with E-state index in [1.807, 2.05) is 12.1 Å². The molecule has 22 heavy (non-hydrogen) atoms. The molecule has 0 aliphatic carbocycles. The average Bonchev–Trinajstić information content (AvgIpc) is 2.53. The van der Waals surface area contributed by atoms with Crippen molar-refractivity contribution in [2.24, 2.45) is 0 Å². The van der Waals surface area contributed by atoms with Crippen molar-refractivity contribution in [1.82, 2.24) is 4.90 Å². The van der Waals surface area contributed by atoms with Crippen molar-refractivity contribution in [3.63, 3.8) is 0 Å². The van der Waals surface area contributed by atoms with Gasteiger partial charge in [0.15, 0.2) is 0 Å². The van der Waals surface area contributed by atoms with Crippen LogP contribution in [0.3, 0.4) is 0 Å². The second kappa shape index (κ2) is 8.50. The number of benzene rings is 1. The number of nitrogens with one attached hydrogen (secondary N) is 1. The number of nitrogens with zero attached hydrogens (tertiary/aromatic N) is 1. The van der Waals surface area contributed by atoms with Gasteiger partial charge in [0.05, 0.1) is 0 Å². The standard InChI is InChI=1S/C17H24IN2O2/c1-3-18-9-5-10-19-16-7-4-6-15-14(16)8-11-20(13(2)22)17(15)12-21/h4,6-7,12,17,19H,3,5,8-11H2,1-2H3/q-1. The summed E-state index contributed by atoms with van der Waals surface area (Å²) in [6, 6.07) is 5.59. The summed E-state index contributed by atoms with van der Waals surface area (Å²) in [5, 5.41) is 3.52. The molecule has 0 aromatic heterocycles. The SMILES string of the molecule is CC[I-]CCCNc1cccc2c1CCN(C(C)=O)C2C=O. The number of hydrogen-bond acceptors (Lipinski definition) is 3. The monoisotopic (exact) mass is 415 g/mol. The Morgan fingerprint density at radius 3 is 3.00 bits per heavy atom. The predicted octanol–water partition coefficient (Wildman–Crippen LogP) is -0.758. The van der Waals surface area contributed by atoms with Crippen LogP contribution in [-0.2, 0) is 16.0 Å². The van der Waals surface area contributed by atoms with Crippen LogP contribution in [0.15, 0.2) is 18.2 Å². The molecule has 1 amide bonds. The first kappa shape index (κ1) is 17.2. The van der Waals surface area contributed by atoms with Gasteiger partial charge in [-0.05, 0) is 0 Å². The normalized spacial score (nSPS) is 17.2. The number of carbonyl (C=O) groups is 2. The van der Waals surface area contributed by atoms with Crippen molar-refractivity contribution in [1.29, 1.82) is 0 Å². The van der Waals surface area contributed by atoms with Crippen LogP contribution < -0.4 is 26.5 Å². The molecule has 122 valence electrons. The number of halogens is 1. The molecule has 0 saturated heterocycles. The summed E-state index contributed by atoms with van der Waals surface area (Å²) in [4.78, 5) is 24.8. The van der Waals surface area contributed by atoms with Crippen LogP contribution >= 0.6 is 0 Å². The molecule has 4 nitrogen and oxygen atoms in total. The second-order valence-electron chi connectivity index (χ2n) is 5.34. The number of aldehydes is 1. The van der Waals surface area contributed by atoms with Crippen molar-refractivity contribution in [2.75, 3.05) is 27.3 Å². The number of alkyl halides is 2. The zero-order chi connectivity index (χ0) is 15.9. The Morgan fingerprint density at radius 2 is 2.32 bits per heavy atom. The molecule has 2 rings (SSSR count). The molecule has 1 atom stereocenters. The molecule has 1 N–H and O–H groups in total. The van der Waals surface area contributed by atoms with E-state index in [0.717, 1.165) is 30.5 Å². The van der Waals surface area contributed by atoms with Gasteiger partial charge in [0.2, 0.25) is 0 Å². The predicted molar refractivity (Wildman–Crippen MR) is 84.9 cm³/mol. The van der Waals surface area contributed by atoms with Crippen molar-refractivity contribution in [3.8, 4) is 0 Å². The summed E-state index contributed by atoms with van der Waals surface area (Å²) in [7, 11) is 0. The van der Waals surface area contributed by atoms with Gasteiger partial charge in [0.25, 0.3) is 0 Å². The van der Waals surface area contributed by atoms with E-state index in [1.165, 1.54) is 27.8 Å². The molecule has 1 heterocycles. The maximum atomic E-state index is 11.7. The number of rotatable bonds is 7. The summed E-state index contributed by atoms with van der Waals surface area (Å²) >= 11 is 0.381. The summed E-state index contributed by atoms with van der Waals surface area (Å²) in [6.07, 6.45) is 2.90. The maximum absolute atomic E-state index is 11.7. The molecule has 1 aromatic rings. The van der Waals surface area contributed by atoms with Crippen molar-refractivity contribution >= 4 is 17.9 Å². The fraction of sp³-hybridized carbons (Fsp3) is 0.529. The molecule has 0 fully saturated rings. The van der Waals surface area contributed by atoms with Crippen LogP contribution in [0.2, 0.25) is 0 Å². The van der Waals surface area contributed by atoms with Crippen molar-refractivity contribution in [2.45, 2.75) is 32.7 Å². The third kappa shape index (κ3) is 4.00. The first-order valence-electron chi connectivity index (χ1n) is 7.80. The Balaban J connectivity index is 2.11. The van der Waals surface area contributed by atoms with Crippen molar-refractivity contribution in [3.05, 3.63) is 29.3 Å². The molecular weight excluding hydrogens is 391 g/mol. The van der Waals surface area contributed by atoms with E-state index in [0.29, 0.717) is 27.7 Å². The van der Waals surface area contributed by atoms with E-state index >= 15 is 0 Å². The molecule has 0 spiro atoms. The molecule has 1 aromatic carbocycles. The Hall–Kier alpha value is -1.11. The molecule has 0 saturated carbocycles. The van der Waals surface area contributed by atoms with Gasteiger partial charge in [-0.25, -0.2) is 0 Å². The van der Waals surface area contributed by atoms with E-state index in [-0.39, 0.29) is 5.91 Å². The van der Waals surface area contributed by atoms with Gasteiger partial charge >= 0.3 is 143 Å². The van der Waals surface area contributed by atoms with Gasteiger partial charge in [-0.3, -0.25) is 0 Å². The summed E-state index contributed by atoms with van der Waals surface area (Å²) < 4.78 is 2.70. The topological polar surface area (TPSA) is 49.4 Å². The van der Waals surface area contributed by atoms with Gasteiger partial charge in [-0.15, -0.1) is 0 Å². The van der Waals surface area contributed by atoms with E-state index in [1.54, 1.807) is 4.90 Å². The van der Waals surface area contributed by atoms with E-state index < -0.39 is 6.04 Å². The van der Waals surface area contributed by atoms with Crippen LogP contribution in [0.5, 0.6) is 0 Å². The molecule has 1 aliphatic rings. The number of hydrogen-bond donors (Lipinski definition) is 1. The minimum atomic E-state index is -0.436. The van der Waals surface area contributed by atoms with Crippen LogP contribution in [-0.4, -0.2) is 39.0 Å². The Bertz CT molecular complexity index is 533. The molecule has 1 aliphatic heterocycles. The van der Waals surface area contributed by atoms with Crippen LogP contribution in [0, 0.1) is 0 Å². The third-order valence-corrected chi connectivity index (χ3v) is 6.56. The summed E-state index contributed by atoms with van der Waals surface area (Å²) in [5.41, 5.74) is 3.30. The molecule has 0 bridgehead atoms. The Morgan fingerprint density at radius 1 is 1.50 bits per heavy atom. The van der Waals surface area contributed by atoms with E-state index in [2.05, 4.69) is 18.3 Å². The number of amides is 1. The fourth-order valence-electron chi connectivity index (χ4n) is 2.88. The van der Waals surface area contributed by atoms with Gasteiger partial charge in [0.1, 0.15) is 0 Å². The zero-order valence-corrected chi connectivity index (χ0v) is 15.4. The van der Waals surface area contributed by atoms with E-state index in [9.17, 15) is 9.59 Å². The fourth-order valence-corrected chi connectivity index (χ4v) is 4.57.